The lowest BCUT2D eigenvalue weighted by Crippen LogP contribution is -2.39. The molecule has 2 aromatic heterocycles. The highest BCUT2D eigenvalue weighted by atomic mass is 19.4. The Morgan fingerprint density at radius 1 is 1.04 bits per heavy atom. The van der Waals surface area contributed by atoms with Gasteiger partial charge in [0.15, 0.2) is 0 Å². The Balaban J connectivity index is 1.80. The Labute approximate surface area is 155 Å². The lowest BCUT2D eigenvalue weighted by molar-refractivity contribution is -0.138. The average molecular weight is 407 g/mol. The highest BCUT2D eigenvalue weighted by molar-refractivity contribution is 5.50. The fourth-order valence-electron chi connectivity index (χ4n) is 2.70. The van der Waals surface area contributed by atoms with Crippen molar-refractivity contribution < 1.29 is 31.4 Å². The summed E-state index contributed by atoms with van der Waals surface area (Å²) in [4.78, 5) is 10.9. The number of hydrogen-bond acceptors (Lipinski definition) is 6. The first-order valence-corrected chi connectivity index (χ1v) is 8.17. The molecule has 0 aromatic carbocycles. The normalized spacial score (nSPS) is 19.8. The standard InChI is InChI=1S/C16H15F6N5O/c17-15(18,19)11-1-2-23-5-8(11)6-24-14-25-7-12(16(20,21)22)13(27-14)26-9-3-10(28)4-9/h1-2,5,7,9-10,28H,3-4,6H2,(H2,24,25,26,27)/t9-,10+. The number of aromatic nitrogens is 3. The van der Waals surface area contributed by atoms with Crippen molar-refractivity contribution in [2.24, 2.45) is 0 Å². The van der Waals surface area contributed by atoms with Gasteiger partial charge in [0.25, 0.3) is 0 Å². The summed E-state index contributed by atoms with van der Waals surface area (Å²) in [6.45, 7) is -0.379. The fraction of sp³-hybridized carbons (Fsp3) is 0.438. The quantitative estimate of drug-likeness (QED) is 0.659. The number of pyridine rings is 1. The number of halogens is 6. The maximum Gasteiger partial charge on any atom is 0.421 e. The third kappa shape index (κ3) is 4.61. The van der Waals surface area contributed by atoms with Crippen LogP contribution < -0.4 is 10.6 Å². The summed E-state index contributed by atoms with van der Waals surface area (Å²) in [5.74, 6) is -0.767. The van der Waals surface area contributed by atoms with Crippen molar-refractivity contribution in [2.45, 2.75) is 43.9 Å². The molecule has 0 unspecified atom stereocenters. The van der Waals surface area contributed by atoms with Gasteiger partial charge in [-0.05, 0) is 18.9 Å². The molecule has 2 aromatic rings. The summed E-state index contributed by atoms with van der Waals surface area (Å²) < 4.78 is 78.4. The minimum Gasteiger partial charge on any atom is -0.393 e. The van der Waals surface area contributed by atoms with Crippen molar-refractivity contribution in [3.05, 3.63) is 41.3 Å². The Morgan fingerprint density at radius 3 is 2.32 bits per heavy atom. The van der Waals surface area contributed by atoms with E-state index in [1.807, 2.05) is 0 Å². The lowest BCUT2D eigenvalue weighted by Gasteiger charge is -2.33. The zero-order chi connectivity index (χ0) is 20.5. The van der Waals surface area contributed by atoms with Crippen molar-refractivity contribution in [3.63, 3.8) is 0 Å². The number of nitrogens with one attached hydrogen (secondary N) is 2. The summed E-state index contributed by atoms with van der Waals surface area (Å²) in [7, 11) is 0. The third-order valence-electron chi connectivity index (χ3n) is 4.19. The highest BCUT2D eigenvalue weighted by Crippen LogP contribution is 2.36. The van der Waals surface area contributed by atoms with E-state index < -0.39 is 35.4 Å². The van der Waals surface area contributed by atoms with E-state index in [0.717, 1.165) is 18.5 Å². The van der Waals surface area contributed by atoms with Gasteiger partial charge in [0, 0.05) is 36.7 Å². The molecular formula is C16H15F6N5O. The first-order chi connectivity index (χ1) is 13.0. The van der Waals surface area contributed by atoms with Gasteiger partial charge >= 0.3 is 12.4 Å². The highest BCUT2D eigenvalue weighted by Gasteiger charge is 2.37. The third-order valence-corrected chi connectivity index (χ3v) is 4.19. The van der Waals surface area contributed by atoms with Gasteiger partial charge in [-0.1, -0.05) is 0 Å². The van der Waals surface area contributed by atoms with Crippen LogP contribution in [0.15, 0.2) is 24.7 Å². The molecule has 12 heteroatoms. The van der Waals surface area contributed by atoms with Gasteiger partial charge in [-0.15, -0.1) is 0 Å². The van der Waals surface area contributed by atoms with Gasteiger partial charge in [-0.25, -0.2) is 4.98 Å². The maximum atomic E-state index is 13.1. The molecule has 28 heavy (non-hydrogen) atoms. The van der Waals surface area contributed by atoms with Crippen molar-refractivity contribution in [1.29, 1.82) is 0 Å². The number of anilines is 2. The van der Waals surface area contributed by atoms with E-state index in [9.17, 15) is 31.4 Å². The second-order valence-electron chi connectivity index (χ2n) is 6.30. The van der Waals surface area contributed by atoms with Crippen LogP contribution in [0.3, 0.4) is 0 Å². The predicted octanol–water partition coefficient (Wildman–Crippen LogP) is 3.46. The average Bonchev–Trinajstić information content (AvgIpc) is 2.57. The van der Waals surface area contributed by atoms with Crippen LogP contribution >= 0.6 is 0 Å². The summed E-state index contributed by atoms with van der Waals surface area (Å²) >= 11 is 0. The van der Waals surface area contributed by atoms with Gasteiger partial charge < -0.3 is 15.7 Å². The summed E-state index contributed by atoms with van der Waals surface area (Å²) in [6, 6.07) is 0.425. The first kappa shape index (κ1) is 20.1. The van der Waals surface area contributed by atoms with E-state index in [-0.39, 0.29) is 36.9 Å². The van der Waals surface area contributed by atoms with E-state index in [2.05, 4.69) is 25.6 Å². The molecule has 1 fully saturated rings. The van der Waals surface area contributed by atoms with Gasteiger partial charge in [-0.3, -0.25) is 4.98 Å². The molecule has 1 aliphatic rings. The number of hydrogen-bond donors (Lipinski definition) is 3. The SMILES string of the molecule is O[C@H]1C[C@@H](Nc2nc(NCc3cnccc3C(F)(F)F)ncc2C(F)(F)F)C1. The van der Waals surface area contributed by atoms with E-state index in [1.54, 1.807) is 0 Å². The molecule has 3 N–H and O–H groups in total. The minimum atomic E-state index is -4.71. The first-order valence-electron chi connectivity index (χ1n) is 8.17. The Bertz CT molecular complexity index is 835. The number of aliphatic hydroxyl groups excluding tert-OH is 1. The van der Waals surface area contributed by atoms with Crippen molar-refractivity contribution in [1.82, 2.24) is 15.0 Å². The van der Waals surface area contributed by atoms with Gasteiger partial charge in [0.05, 0.1) is 11.7 Å². The van der Waals surface area contributed by atoms with Crippen molar-refractivity contribution >= 4 is 11.8 Å². The molecule has 0 bridgehead atoms. The van der Waals surface area contributed by atoms with Crippen LogP contribution in [0.25, 0.3) is 0 Å². The van der Waals surface area contributed by atoms with Crippen LogP contribution in [-0.4, -0.2) is 32.2 Å². The maximum absolute atomic E-state index is 13.1. The van der Waals surface area contributed by atoms with Crippen LogP contribution in [0.2, 0.25) is 0 Å². The van der Waals surface area contributed by atoms with E-state index in [0.29, 0.717) is 6.20 Å². The zero-order valence-corrected chi connectivity index (χ0v) is 14.1. The largest absolute Gasteiger partial charge is 0.421 e. The zero-order valence-electron chi connectivity index (χ0n) is 14.1. The predicted molar refractivity (Wildman–Crippen MR) is 86.3 cm³/mol. The molecule has 0 spiro atoms. The second kappa shape index (κ2) is 7.41. The van der Waals surface area contributed by atoms with Gasteiger partial charge in [0.1, 0.15) is 11.4 Å². The fourth-order valence-corrected chi connectivity index (χ4v) is 2.70. The van der Waals surface area contributed by atoms with E-state index in [4.69, 9.17) is 0 Å². The molecule has 0 atom stereocenters. The van der Waals surface area contributed by atoms with Crippen LogP contribution in [0.4, 0.5) is 38.1 Å². The number of rotatable bonds is 5. The van der Waals surface area contributed by atoms with Crippen molar-refractivity contribution in [3.8, 4) is 0 Å². The van der Waals surface area contributed by atoms with Crippen LogP contribution in [0.1, 0.15) is 29.5 Å². The number of nitrogens with zero attached hydrogens (tertiary/aromatic N) is 3. The molecule has 6 nitrogen and oxygen atoms in total. The van der Waals surface area contributed by atoms with Gasteiger partial charge in [0.2, 0.25) is 5.95 Å². The van der Waals surface area contributed by atoms with Gasteiger partial charge in [-0.2, -0.15) is 31.3 Å². The summed E-state index contributed by atoms with van der Waals surface area (Å²) in [5, 5.41) is 14.4. The smallest absolute Gasteiger partial charge is 0.393 e. The number of aliphatic hydroxyl groups is 1. The molecule has 0 amide bonds. The Kier molecular flexibility index (Phi) is 5.33. The molecule has 3 rings (SSSR count). The minimum absolute atomic E-state index is 0.199. The van der Waals surface area contributed by atoms with Crippen LogP contribution in [-0.2, 0) is 18.9 Å². The number of alkyl halides is 6. The molecule has 152 valence electrons. The van der Waals surface area contributed by atoms with Crippen LogP contribution in [0.5, 0.6) is 0 Å². The Morgan fingerprint density at radius 2 is 1.71 bits per heavy atom. The lowest BCUT2D eigenvalue weighted by atomic mass is 9.89. The molecule has 2 heterocycles. The molecule has 1 saturated carbocycles. The summed E-state index contributed by atoms with van der Waals surface area (Å²) in [6.07, 6.45) is -6.79. The van der Waals surface area contributed by atoms with Crippen molar-refractivity contribution in [2.75, 3.05) is 10.6 Å². The van der Waals surface area contributed by atoms with E-state index in [1.165, 1.54) is 0 Å². The topological polar surface area (TPSA) is 83.0 Å². The molecule has 1 aliphatic carbocycles. The Hall–Kier alpha value is -2.63. The molecule has 0 saturated heterocycles. The van der Waals surface area contributed by atoms with E-state index >= 15 is 0 Å². The monoisotopic (exact) mass is 407 g/mol. The summed E-state index contributed by atoms with van der Waals surface area (Å²) in [5.41, 5.74) is -2.21. The molecular weight excluding hydrogens is 392 g/mol. The van der Waals surface area contributed by atoms with Crippen LogP contribution in [0, 0.1) is 0 Å². The molecule has 0 radical (unpaired) electrons. The molecule has 0 aliphatic heterocycles. The second-order valence-corrected chi connectivity index (χ2v) is 6.30.